The first-order valence-corrected chi connectivity index (χ1v) is 12.0. The number of rotatable bonds is 8. The number of amides is 2. The van der Waals surface area contributed by atoms with Gasteiger partial charge in [0.05, 0.1) is 53.9 Å². The highest BCUT2D eigenvalue weighted by atomic mass is 79.9. The fourth-order valence-corrected chi connectivity index (χ4v) is 5.03. The van der Waals surface area contributed by atoms with Crippen LogP contribution in [0.3, 0.4) is 0 Å². The molecule has 0 radical (unpaired) electrons. The van der Waals surface area contributed by atoms with Gasteiger partial charge >= 0.3 is 5.97 Å². The summed E-state index contributed by atoms with van der Waals surface area (Å²) < 4.78 is 15.9. The Bertz CT molecular complexity index is 1230. The van der Waals surface area contributed by atoms with Crippen molar-refractivity contribution in [1.82, 2.24) is 5.32 Å². The number of esters is 1. The molecule has 9 nitrogen and oxygen atoms in total. The van der Waals surface area contributed by atoms with Crippen LogP contribution in [0.5, 0.6) is 11.5 Å². The van der Waals surface area contributed by atoms with Crippen LogP contribution in [0.15, 0.2) is 57.5 Å². The zero-order chi connectivity index (χ0) is 25.5. The number of hydrogen-bond acceptors (Lipinski definition) is 8. The number of allylic oxidation sites excluding steroid dienone is 1. The molecule has 1 aliphatic rings. The standard InChI is InChI=1S/C24H22BrN3O6S/c1-32-17-9-8-13(10-15(17)25)20-14(11-26)23(28-22(30)21(20)24(31)34-3)35-12-19(29)27-16-6-4-5-7-18(16)33-2/h4-10,20-21H,12H2,1-3H3,(H,27,29)(H,28,30)/t20-,21-/m0/s1. The molecule has 0 aromatic heterocycles. The second-order valence-electron chi connectivity index (χ2n) is 7.25. The Labute approximate surface area is 214 Å². The largest absolute Gasteiger partial charge is 0.496 e. The SMILES string of the molecule is COC(=O)[C@@H]1C(=O)NC(SCC(=O)Nc2ccccc2OC)=C(C#N)[C@@H]1c1ccc(OC)c(Br)c1. The molecule has 3 rings (SSSR count). The Kier molecular flexibility index (Phi) is 8.78. The predicted molar refractivity (Wildman–Crippen MR) is 134 cm³/mol. The maximum absolute atomic E-state index is 13.0. The highest BCUT2D eigenvalue weighted by Crippen LogP contribution is 2.42. The van der Waals surface area contributed by atoms with E-state index in [0.29, 0.717) is 27.2 Å². The number of anilines is 1. The van der Waals surface area contributed by atoms with E-state index >= 15 is 0 Å². The molecule has 2 aromatic rings. The molecule has 2 amide bonds. The van der Waals surface area contributed by atoms with Crippen molar-refractivity contribution in [2.75, 3.05) is 32.4 Å². The normalized spacial score (nSPS) is 17.2. The van der Waals surface area contributed by atoms with Crippen LogP contribution in [-0.2, 0) is 19.1 Å². The summed E-state index contributed by atoms with van der Waals surface area (Å²) in [5.74, 6) is -3.00. The van der Waals surface area contributed by atoms with Crippen LogP contribution in [0.2, 0.25) is 0 Å². The molecule has 0 fully saturated rings. The minimum absolute atomic E-state index is 0.0965. The van der Waals surface area contributed by atoms with Crippen molar-refractivity contribution < 1.29 is 28.6 Å². The van der Waals surface area contributed by atoms with Crippen molar-refractivity contribution in [3.63, 3.8) is 0 Å². The Morgan fingerprint density at radius 3 is 2.49 bits per heavy atom. The monoisotopic (exact) mass is 559 g/mol. The van der Waals surface area contributed by atoms with Crippen molar-refractivity contribution >= 4 is 51.2 Å². The molecule has 0 spiro atoms. The van der Waals surface area contributed by atoms with Crippen LogP contribution >= 0.6 is 27.7 Å². The number of nitrogens with zero attached hydrogens (tertiary/aromatic N) is 1. The fraction of sp³-hybridized carbons (Fsp3) is 0.250. The predicted octanol–water partition coefficient (Wildman–Crippen LogP) is 3.58. The van der Waals surface area contributed by atoms with E-state index in [1.807, 2.05) is 0 Å². The maximum atomic E-state index is 13.0. The van der Waals surface area contributed by atoms with Crippen LogP contribution in [0.4, 0.5) is 5.69 Å². The van der Waals surface area contributed by atoms with E-state index < -0.39 is 23.7 Å². The van der Waals surface area contributed by atoms with E-state index in [1.54, 1.807) is 42.5 Å². The molecule has 2 atom stereocenters. The van der Waals surface area contributed by atoms with Gasteiger partial charge in [0, 0.05) is 5.92 Å². The molecule has 2 N–H and O–H groups in total. The summed E-state index contributed by atoms with van der Waals surface area (Å²) in [4.78, 5) is 38.1. The van der Waals surface area contributed by atoms with Crippen molar-refractivity contribution in [1.29, 1.82) is 5.26 Å². The third-order valence-corrected chi connectivity index (χ3v) is 6.88. The number of methoxy groups -OCH3 is 3. The molecule has 0 aliphatic carbocycles. The number of hydrogen-bond donors (Lipinski definition) is 2. The van der Waals surface area contributed by atoms with Crippen molar-refractivity contribution in [2.24, 2.45) is 5.92 Å². The lowest BCUT2D eigenvalue weighted by Gasteiger charge is -2.31. The van der Waals surface area contributed by atoms with Gasteiger partial charge in [-0.3, -0.25) is 14.4 Å². The fourth-order valence-electron chi connectivity index (χ4n) is 3.63. The molecule has 11 heteroatoms. The highest BCUT2D eigenvalue weighted by molar-refractivity contribution is 9.10. The minimum Gasteiger partial charge on any atom is -0.496 e. The Balaban J connectivity index is 1.93. The average molecular weight is 560 g/mol. The van der Waals surface area contributed by atoms with Crippen molar-refractivity contribution in [3.8, 4) is 17.6 Å². The van der Waals surface area contributed by atoms with Gasteiger partial charge in [0.25, 0.3) is 0 Å². The third kappa shape index (κ3) is 5.78. The van der Waals surface area contributed by atoms with Gasteiger partial charge < -0.3 is 24.8 Å². The van der Waals surface area contributed by atoms with Crippen LogP contribution in [0.25, 0.3) is 0 Å². The zero-order valence-corrected chi connectivity index (χ0v) is 21.5. The summed E-state index contributed by atoms with van der Waals surface area (Å²) >= 11 is 4.39. The molecule has 1 aliphatic heterocycles. The number of benzene rings is 2. The second-order valence-corrected chi connectivity index (χ2v) is 9.09. The topological polar surface area (TPSA) is 127 Å². The Morgan fingerprint density at radius 1 is 1.14 bits per heavy atom. The van der Waals surface area contributed by atoms with E-state index in [0.717, 1.165) is 11.8 Å². The summed E-state index contributed by atoms with van der Waals surface area (Å²) in [6.07, 6.45) is 0. The number of halogens is 1. The van der Waals surface area contributed by atoms with Crippen molar-refractivity contribution in [3.05, 3.63) is 63.1 Å². The first kappa shape index (κ1) is 26.1. The first-order valence-electron chi connectivity index (χ1n) is 10.3. The van der Waals surface area contributed by atoms with Gasteiger partial charge in [0.15, 0.2) is 0 Å². The highest BCUT2D eigenvalue weighted by Gasteiger charge is 2.44. The molecule has 0 saturated heterocycles. The number of nitriles is 1. The van der Waals surface area contributed by atoms with Gasteiger partial charge in [-0.15, -0.1) is 0 Å². The third-order valence-electron chi connectivity index (χ3n) is 5.25. The van der Waals surface area contributed by atoms with Gasteiger partial charge in [0.1, 0.15) is 17.4 Å². The van der Waals surface area contributed by atoms with Gasteiger partial charge in [-0.2, -0.15) is 5.26 Å². The lowest BCUT2D eigenvalue weighted by molar-refractivity contribution is -0.150. The molecule has 2 aromatic carbocycles. The minimum atomic E-state index is -1.28. The van der Waals surface area contributed by atoms with Crippen LogP contribution in [-0.4, -0.2) is 44.9 Å². The summed E-state index contributed by atoms with van der Waals surface area (Å²) in [5, 5.41) is 15.6. The lowest BCUT2D eigenvalue weighted by Crippen LogP contribution is -2.44. The molecular formula is C24H22BrN3O6S. The van der Waals surface area contributed by atoms with E-state index in [9.17, 15) is 19.6 Å². The molecule has 35 heavy (non-hydrogen) atoms. The van der Waals surface area contributed by atoms with Gasteiger partial charge in [0.2, 0.25) is 11.8 Å². The maximum Gasteiger partial charge on any atom is 0.319 e. The summed E-state index contributed by atoms with van der Waals surface area (Å²) in [5.41, 5.74) is 1.18. The van der Waals surface area contributed by atoms with E-state index in [2.05, 4.69) is 32.6 Å². The quantitative estimate of drug-likeness (QED) is 0.371. The van der Waals surface area contributed by atoms with E-state index in [-0.39, 0.29) is 22.3 Å². The van der Waals surface area contributed by atoms with Crippen LogP contribution < -0.4 is 20.1 Å². The number of carbonyl (C=O) groups is 3. The Hall–Kier alpha value is -3.49. The summed E-state index contributed by atoms with van der Waals surface area (Å²) in [6, 6.07) is 14.1. The number of para-hydroxylation sites is 2. The zero-order valence-electron chi connectivity index (χ0n) is 19.1. The lowest BCUT2D eigenvalue weighted by atomic mass is 9.78. The smallest absolute Gasteiger partial charge is 0.319 e. The number of ether oxygens (including phenoxy) is 3. The molecule has 0 bridgehead atoms. The molecule has 0 unspecified atom stereocenters. The second kappa shape index (κ2) is 11.8. The molecule has 0 saturated carbocycles. The Morgan fingerprint density at radius 2 is 1.86 bits per heavy atom. The first-order chi connectivity index (χ1) is 16.8. The van der Waals surface area contributed by atoms with Crippen LogP contribution in [0, 0.1) is 17.2 Å². The van der Waals surface area contributed by atoms with Gasteiger partial charge in [-0.25, -0.2) is 0 Å². The summed E-state index contributed by atoms with van der Waals surface area (Å²) in [6.45, 7) is 0. The number of carbonyl (C=O) groups excluding carboxylic acids is 3. The van der Waals surface area contributed by atoms with Crippen molar-refractivity contribution in [2.45, 2.75) is 5.92 Å². The van der Waals surface area contributed by atoms with Gasteiger partial charge in [-0.1, -0.05) is 30.0 Å². The summed E-state index contributed by atoms with van der Waals surface area (Å²) in [7, 11) is 4.19. The molecule has 1 heterocycles. The van der Waals surface area contributed by atoms with Crippen LogP contribution in [0.1, 0.15) is 11.5 Å². The molecule has 182 valence electrons. The number of thioether (sulfide) groups is 1. The number of nitrogens with one attached hydrogen (secondary N) is 2. The van der Waals surface area contributed by atoms with E-state index in [4.69, 9.17) is 14.2 Å². The average Bonchev–Trinajstić information content (AvgIpc) is 2.86. The van der Waals surface area contributed by atoms with Gasteiger partial charge in [-0.05, 0) is 45.8 Å². The molecular weight excluding hydrogens is 538 g/mol. The van der Waals surface area contributed by atoms with E-state index in [1.165, 1.54) is 21.3 Å².